The second kappa shape index (κ2) is 11.4. The maximum atomic E-state index is 11.1. The molecule has 184 valence electrons. The summed E-state index contributed by atoms with van der Waals surface area (Å²) in [6, 6.07) is 21.5. The summed E-state index contributed by atoms with van der Waals surface area (Å²) in [6.07, 6.45) is 6.90. The van der Waals surface area contributed by atoms with Crippen molar-refractivity contribution >= 4 is 47.3 Å². The number of rotatable bonds is 9. The average molecular weight is 495 g/mol. The summed E-state index contributed by atoms with van der Waals surface area (Å²) in [4.78, 5) is 30.3. The second-order valence-corrected chi connectivity index (χ2v) is 7.77. The first-order valence-corrected chi connectivity index (χ1v) is 11.0. The summed E-state index contributed by atoms with van der Waals surface area (Å²) in [6.45, 7) is 0. The Morgan fingerprint density at radius 3 is 1.70 bits per heavy atom. The molecule has 0 saturated heterocycles. The van der Waals surface area contributed by atoms with E-state index >= 15 is 0 Å². The lowest BCUT2D eigenvalue weighted by molar-refractivity contribution is -0.385. The number of hydrogen-bond acceptors (Lipinski definition) is 8. The number of nitrogens with one attached hydrogen (secondary N) is 1. The van der Waals surface area contributed by atoms with Gasteiger partial charge in [-0.2, -0.15) is 0 Å². The molecule has 1 heterocycles. The van der Waals surface area contributed by atoms with Crippen LogP contribution in [-0.2, 0) is 0 Å². The molecule has 0 aliphatic carbocycles. The molecule has 0 radical (unpaired) electrons. The highest BCUT2D eigenvalue weighted by Gasteiger charge is 2.07. The van der Waals surface area contributed by atoms with Crippen LogP contribution in [0.4, 0.5) is 23.0 Å². The van der Waals surface area contributed by atoms with Gasteiger partial charge < -0.3 is 10.1 Å². The minimum atomic E-state index is -0.449. The fourth-order valence-electron chi connectivity index (χ4n) is 3.36. The fraction of sp³-hybridized carbons (Fsp3) is 0.0370. The Kier molecular flexibility index (Phi) is 7.60. The van der Waals surface area contributed by atoms with Crippen molar-refractivity contribution in [1.29, 1.82) is 0 Å². The number of hydrogen-bond donors (Lipinski definition) is 1. The zero-order valence-corrected chi connectivity index (χ0v) is 19.6. The highest BCUT2D eigenvalue weighted by atomic mass is 16.6. The first kappa shape index (κ1) is 24.7. The van der Waals surface area contributed by atoms with Crippen LogP contribution in [-0.4, -0.2) is 26.9 Å². The number of aromatic nitrogens is 2. The molecule has 0 spiro atoms. The molecule has 0 bridgehead atoms. The topological polar surface area (TPSA) is 133 Å². The number of non-ortho nitro benzene ring substituents is 2. The van der Waals surface area contributed by atoms with E-state index in [9.17, 15) is 20.2 Å². The van der Waals surface area contributed by atoms with E-state index in [-0.39, 0.29) is 11.4 Å². The number of nitro groups is 2. The molecular weight excluding hydrogens is 474 g/mol. The van der Waals surface area contributed by atoms with E-state index in [4.69, 9.17) is 4.74 Å². The zero-order chi connectivity index (χ0) is 26.2. The Balaban J connectivity index is 1.66. The minimum absolute atomic E-state index is 0.00715. The van der Waals surface area contributed by atoms with Crippen LogP contribution >= 0.6 is 0 Å². The lowest BCUT2D eigenvalue weighted by Crippen LogP contribution is -2.00. The highest BCUT2D eigenvalue weighted by Crippen LogP contribution is 2.21. The van der Waals surface area contributed by atoms with E-state index in [1.54, 1.807) is 73.9 Å². The van der Waals surface area contributed by atoms with Gasteiger partial charge in [-0.15, -0.1) is 0 Å². The molecule has 0 fully saturated rings. The molecule has 0 aliphatic rings. The van der Waals surface area contributed by atoms with E-state index in [0.717, 1.165) is 5.69 Å². The SMILES string of the molecule is COc1ccc(Nc2nc(C=Cc3cccc([N+](=O)[O-])c3)cc(C=Cc3cccc([N+](=O)[O-])c3)n2)cc1. The van der Waals surface area contributed by atoms with Gasteiger partial charge >= 0.3 is 0 Å². The number of anilines is 2. The molecule has 3 aromatic carbocycles. The fourth-order valence-corrected chi connectivity index (χ4v) is 3.36. The van der Waals surface area contributed by atoms with Crippen molar-refractivity contribution < 1.29 is 14.6 Å². The monoisotopic (exact) mass is 495 g/mol. The van der Waals surface area contributed by atoms with Crippen molar-refractivity contribution in [2.24, 2.45) is 0 Å². The quantitative estimate of drug-likeness (QED) is 0.209. The van der Waals surface area contributed by atoms with E-state index in [2.05, 4.69) is 15.3 Å². The molecule has 37 heavy (non-hydrogen) atoms. The second-order valence-electron chi connectivity index (χ2n) is 7.77. The van der Waals surface area contributed by atoms with Crippen molar-refractivity contribution in [1.82, 2.24) is 9.97 Å². The van der Waals surface area contributed by atoms with Gasteiger partial charge in [0.25, 0.3) is 11.4 Å². The van der Waals surface area contributed by atoms with Crippen LogP contribution in [0, 0.1) is 20.2 Å². The van der Waals surface area contributed by atoms with Gasteiger partial charge in [0.2, 0.25) is 5.95 Å². The van der Waals surface area contributed by atoms with Gasteiger partial charge in [0, 0.05) is 30.0 Å². The smallest absolute Gasteiger partial charge is 0.270 e. The molecule has 0 atom stereocenters. The number of nitro benzene ring substituents is 2. The summed E-state index contributed by atoms with van der Waals surface area (Å²) >= 11 is 0. The van der Waals surface area contributed by atoms with Gasteiger partial charge in [-0.3, -0.25) is 20.2 Å². The van der Waals surface area contributed by atoms with Gasteiger partial charge in [-0.1, -0.05) is 36.4 Å². The van der Waals surface area contributed by atoms with E-state index in [0.29, 0.717) is 34.2 Å². The van der Waals surface area contributed by atoms with Crippen LogP contribution in [0.3, 0.4) is 0 Å². The van der Waals surface area contributed by atoms with Crippen LogP contribution in [0.5, 0.6) is 5.75 Å². The van der Waals surface area contributed by atoms with Crippen molar-refractivity contribution in [3.63, 3.8) is 0 Å². The number of methoxy groups -OCH3 is 1. The Hall–Kier alpha value is -5.38. The molecule has 4 aromatic rings. The summed E-state index contributed by atoms with van der Waals surface area (Å²) in [7, 11) is 1.59. The molecule has 0 saturated carbocycles. The third-order valence-corrected chi connectivity index (χ3v) is 5.17. The third kappa shape index (κ3) is 6.83. The van der Waals surface area contributed by atoms with E-state index in [1.165, 1.54) is 24.3 Å². The van der Waals surface area contributed by atoms with Crippen LogP contribution in [0.2, 0.25) is 0 Å². The van der Waals surface area contributed by atoms with E-state index in [1.807, 2.05) is 12.1 Å². The normalized spacial score (nSPS) is 11.1. The Morgan fingerprint density at radius 2 is 1.24 bits per heavy atom. The summed E-state index contributed by atoms with van der Waals surface area (Å²) in [5.41, 5.74) is 3.12. The van der Waals surface area contributed by atoms with Crippen LogP contribution < -0.4 is 10.1 Å². The van der Waals surface area contributed by atoms with Crippen molar-refractivity contribution in [3.05, 3.63) is 122 Å². The molecule has 10 nitrogen and oxygen atoms in total. The molecule has 10 heteroatoms. The molecule has 0 unspecified atom stereocenters. The number of ether oxygens (including phenoxy) is 1. The number of nitrogens with zero attached hydrogens (tertiary/aromatic N) is 4. The third-order valence-electron chi connectivity index (χ3n) is 5.17. The highest BCUT2D eigenvalue weighted by molar-refractivity contribution is 5.74. The largest absolute Gasteiger partial charge is 0.497 e. The Bertz CT molecular complexity index is 1410. The summed E-state index contributed by atoms with van der Waals surface area (Å²) < 4.78 is 5.19. The first-order chi connectivity index (χ1) is 17.9. The predicted octanol–water partition coefficient (Wildman–Crippen LogP) is 6.39. The first-order valence-electron chi connectivity index (χ1n) is 11.0. The molecule has 1 aromatic heterocycles. The molecule has 1 N–H and O–H groups in total. The van der Waals surface area contributed by atoms with Crippen LogP contribution in [0.1, 0.15) is 22.5 Å². The van der Waals surface area contributed by atoms with Gasteiger partial charge in [0.05, 0.1) is 28.3 Å². The Morgan fingerprint density at radius 1 is 0.730 bits per heavy atom. The molecule has 0 aliphatic heterocycles. The minimum Gasteiger partial charge on any atom is -0.497 e. The summed E-state index contributed by atoms with van der Waals surface area (Å²) in [5.74, 6) is 1.03. The zero-order valence-electron chi connectivity index (χ0n) is 19.6. The van der Waals surface area contributed by atoms with Gasteiger partial charge in [0.1, 0.15) is 5.75 Å². The van der Waals surface area contributed by atoms with Crippen molar-refractivity contribution in [2.45, 2.75) is 0 Å². The number of benzene rings is 3. The maximum absolute atomic E-state index is 11.1. The molecule has 4 rings (SSSR count). The van der Waals surface area contributed by atoms with Gasteiger partial charge in [0.15, 0.2) is 0 Å². The Labute approximate surface area is 211 Å². The van der Waals surface area contributed by atoms with Crippen molar-refractivity contribution in [3.8, 4) is 5.75 Å². The molecule has 0 amide bonds. The van der Waals surface area contributed by atoms with Crippen LogP contribution in [0.15, 0.2) is 78.9 Å². The maximum Gasteiger partial charge on any atom is 0.270 e. The predicted molar refractivity (Wildman–Crippen MR) is 142 cm³/mol. The molecular formula is C27H21N5O5. The van der Waals surface area contributed by atoms with Crippen molar-refractivity contribution in [2.75, 3.05) is 12.4 Å². The van der Waals surface area contributed by atoms with Gasteiger partial charge in [-0.05, 0) is 53.6 Å². The average Bonchev–Trinajstić information content (AvgIpc) is 2.91. The lowest BCUT2D eigenvalue weighted by Gasteiger charge is -2.08. The van der Waals surface area contributed by atoms with Gasteiger partial charge in [-0.25, -0.2) is 9.97 Å². The lowest BCUT2D eigenvalue weighted by atomic mass is 10.1. The van der Waals surface area contributed by atoms with E-state index < -0.39 is 9.85 Å². The standard InChI is InChI=1S/C27H21N5O5/c1-37-26-14-12-21(13-15-26)28-27-29-22(10-8-19-4-2-6-24(16-19)31(33)34)18-23(30-27)11-9-20-5-3-7-25(17-20)32(35)36/h2-18H,1H3,(H,28,29,30). The summed E-state index contributed by atoms with van der Waals surface area (Å²) in [5, 5.41) is 25.3. The van der Waals surface area contributed by atoms with Crippen LogP contribution in [0.25, 0.3) is 24.3 Å².